The SMILES string of the molecule is CC(C)(C)OC(=O)N1CCCC2(COCC(CS(=O)(=O)Cl)O2)C1. The van der Waals surface area contributed by atoms with Crippen molar-refractivity contribution in [3.05, 3.63) is 0 Å². The van der Waals surface area contributed by atoms with Crippen molar-refractivity contribution < 1.29 is 27.4 Å². The Labute approximate surface area is 141 Å². The maximum Gasteiger partial charge on any atom is 0.410 e. The molecule has 9 heteroatoms. The largest absolute Gasteiger partial charge is 0.444 e. The zero-order chi connectivity index (χ0) is 17.3. The highest BCUT2D eigenvalue weighted by Gasteiger charge is 2.44. The average Bonchev–Trinajstić information content (AvgIpc) is 2.34. The molecule has 0 aromatic carbocycles. The molecule has 0 aromatic heterocycles. The molecule has 0 saturated carbocycles. The van der Waals surface area contributed by atoms with E-state index in [0.717, 1.165) is 6.42 Å². The standard InChI is InChI=1S/C14H24ClNO6S/c1-13(2,3)22-12(17)16-6-4-5-14(9-16)10-20-7-11(21-14)8-23(15,18)19/h11H,4-10H2,1-3H3. The molecule has 1 spiro atoms. The Bertz CT molecular complexity index is 542. The van der Waals surface area contributed by atoms with E-state index in [9.17, 15) is 13.2 Å². The summed E-state index contributed by atoms with van der Waals surface area (Å²) < 4.78 is 39.4. The number of piperidine rings is 1. The molecule has 2 fully saturated rings. The van der Waals surface area contributed by atoms with Crippen LogP contribution in [0.3, 0.4) is 0 Å². The number of amides is 1. The second-order valence-corrected chi connectivity index (χ2v) is 9.97. The van der Waals surface area contributed by atoms with Crippen molar-refractivity contribution in [2.45, 2.75) is 50.9 Å². The van der Waals surface area contributed by atoms with Gasteiger partial charge in [-0.15, -0.1) is 0 Å². The van der Waals surface area contributed by atoms with Gasteiger partial charge in [0.25, 0.3) is 0 Å². The molecule has 0 aliphatic carbocycles. The Morgan fingerprint density at radius 3 is 2.74 bits per heavy atom. The highest BCUT2D eigenvalue weighted by atomic mass is 35.7. The Hall–Kier alpha value is -0.570. The molecule has 134 valence electrons. The van der Waals surface area contributed by atoms with E-state index in [1.54, 1.807) is 4.90 Å². The Morgan fingerprint density at radius 2 is 2.13 bits per heavy atom. The first-order chi connectivity index (χ1) is 10.5. The van der Waals surface area contributed by atoms with Crippen molar-refractivity contribution in [2.75, 3.05) is 32.1 Å². The maximum atomic E-state index is 12.2. The summed E-state index contributed by atoms with van der Waals surface area (Å²) in [5, 5.41) is 0. The lowest BCUT2D eigenvalue weighted by molar-refractivity contribution is -0.208. The number of carbonyl (C=O) groups is 1. The summed E-state index contributed by atoms with van der Waals surface area (Å²) in [7, 11) is 1.63. The summed E-state index contributed by atoms with van der Waals surface area (Å²) in [5.41, 5.74) is -1.26. The molecule has 2 aliphatic heterocycles. The second-order valence-electron chi connectivity index (χ2n) is 7.15. The van der Waals surface area contributed by atoms with E-state index < -0.39 is 32.5 Å². The number of hydrogen-bond donors (Lipinski definition) is 0. The maximum absolute atomic E-state index is 12.2. The van der Waals surface area contributed by atoms with Crippen LogP contribution in [-0.2, 0) is 23.3 Å². The third-order valence-electron chi connectivity index (χ3n) is 3.66. The highest BCUT2D eigenvalue weighted by Crippen LogP contribution is 2.31. The van der Waals surface area contributed by atoms with Crippen LogP contribution >= 0.6 is 10.7 Å². The van der Waals surface area contributed by atoms with Crippen LogP contribution in [-0.4, -0.2) is 68.8 Å². The van der Waals surface area contributed by atoms with E-state index in [1.165, 1.54) is 0 Å². The van der Waals surface area contributed by atoms with E-state index in [0.29, 0.717) is 26.1 Å². The van der Waals surface area contributed by atoms with Crippen molar-refractivity contribution in [2.24, 2.45) is 0 Å². The van der Waals surface area contributed by atoms with Crippen LogP contribution in [0.25, 0.3) is 0 Å². The zero-order valence-corrected chi connectivity index (χ0v) is 15.3. The van der Waals surface area contributed by atoms with Gasteiger partial charge in [0, 0.05) is 17.2 Å². The molecule has 2 heterocycles. The third kappa shape index (κ3) is 5.77. The van der Waals surface area contributed by atoms with Crippen LogP contribution in [0.4, 0.5) is 4.79 Å². The first-order valence-electron chi connectivity index (χ1n) is 7.64. The van der Waals surface area contributed by atoms with Gasteiger partial charge in [-0.25, -0.2) is 13.2 Å². The fourth-order valence-corrected chi connectivity index (χ4v) is 3.93. The van der Waals surface area contributed by atoms with Crippen LogP contribution < -0.4 is 0 Å². The number of carbonyl (C=O) groups excluding carboxylic acids is 1. The number of nitrogens with zero attached hydrogens (tertiary/aromatic N) is 1. The summed E-state index contributed by atoms with van der Waals surface area (Å²) in [6, 6.07) is 0. The van der Waals surface area contributed by atoms with Crippen molar-refractivity contribution in [3.63, 3.8) is 0 Å². The monoisotopic (exact) mass is 369 g/mol. The lowest BCUT2D eigenvalue weighted by Gasteiger charge is -2.46. The lowest BCUT2D eigenvalue weighted by Crippen LogP contribution is -2.59. The summed E-state index contributed by atoms with van der Waals surface area (Å²) >= 11 is 0. The molecule has 2 atom stereocenters. The molecule has 2 aliphatic rings. The molecular weight excluding hydrogens is 346 g/mol. The van der Waals surface area contributed by atoms with Gasteiger partial charge < -0.3 is 19.1 Å². The molecule has 0 radical (unpaired) electrons. The van der Waals surface area contributed by atoms with Crippen LogP contribution in [0.15, 0.2) is 0 Å². The highest BCUT2D eigenvalue weighted by molar-refractivity contribution is 8.13. The summed E-state index contributed by atoms with van der Waals surface area (Å²) in [4.78, 5) is 13.8. The van der Waals surface area contributed by atoms with E-state index in [-0.39, 0.29) is 12.4 Å². The van der Waals surface area contributed by atoms with Crippen LogP contribution in [0.1, 0.15) is 33.6 Å². The number of halogens is 1. The van der Waals surface area contributed by atoms with Gasteiger partial charge in [0.05, 0.1) is 31.6 Å². The molecule has 7 nitrogen and oxygen atoms in total. The van der Waals surface area contributed by atoms with Gasteiger partial charge in [0.15, 0.2) is 0 Å². The average molecular weight is 370 g/mol. The van der Waals surface area contributed by atoms with E-state index >= 15 is 0 Å². The zero-order valence-electron chi connectivity index (χ0n) is 13.7. The molecule has 0 bridgehead atoms. The van der Waals surface area contributed by atoms with Crippen molar-refractivity contribution in [1.82, 2.24) is 4.90 Å². The Kier molecular flexibility index (Phi) is 5.50. The topological polar surface area (TPSA) is 82.1 Å². The van der Waals surface area contributed by atoms with Crippen LogP contribution in [0.2, 0.25) is 0 Å². The van der Waals surface area contributed by atoms with E-state index in [2.05, 4.69) is 0 Å². The van der Waals surface area contributed by atoms with E-state index in [4.69, 9.17) is 24.9 Å². The second kappa shape index (κ2) is 6.74. The van der Waals surface area contributed by atoms with Crippen LogP contribution in [0.5, 0.6) is 0 Å². The van der Waals surface area contributed by atoms with Gasteiger partial charge in [0.1, 0.15) is 11.2 Å². The molecule has 0 aromatic rings. The van der Waals surface area contributed by atoms with Gasteiger partial charge >= 0.3 is 6.09 Å². The Balaban J connectivity index is 2.02. The number of rotatable bonds is 2. The predicted molar refractivity (Wildman–Crippen MR) is 85.1 cm³/mol. The van der Waals surface area contributed by atoms with Gasteiger partial charge in [-0.1, -0.05) is 0 Å². The number of likely N-dealkylation sites (tertiary alicyclic amines) is 1. The van der Waals surface area contributed by atoms with Crippen LogP contribution in [0, 0.1) is 0 Å². The minimum absolute atomic E-state index is 0.181. The fourth-order valence-electron chi connectivity index (χ4n) is 2.90. The van der Waals surface area contributed by atoms with Crippen molar-refractivity contribution >= 4 is 25.8 Å². The summed E-state index contributed by atoms with van der Waals surface area (Å²) in [5.74, 6) is -0.303. The van der Waals surface area contributed by atoms with Crippen molar-refractivity contribution in [3.8, 4) is 0 Å². The normalized spacial score (nSPS) is 29.6. The minimum Gasteiger partial charge on any atom is -0.444 e. The lowest BCUT2D eigenvalue weighted by atomic mass is 9.92. The fraction of sp³-hybridized carbons (Fsp3) is 0.929. The molecule has 23 heavy (non-hydrogen) atoms. The molecule has 0 N–H and O–H groups in total. The molecular formula is C14H24ClNO6S. The van der Waals surface area contributed by atoms with Gasteiger partial charge in [-0.3, -0.25) is 0 Å². The van der Waals surface area contributed by atoms with Gasteiger partial charge in [0.2, 0.25) is 9.05 Å². The van der Waals surface area contributed by atoms with Gasteiger partial charge in [-0.2, -0.15) is 0 Å². The summed E-state index contributed by atoms with van der Waals surface area (Å²) in [6.07, 6.45) is 0.422. The smallest absolute Gasteiger partial charge is 0.410 e. The summed E-state index contributed by atoms with van der Waals surface area (Å²) in [6.45, 7) is 6.84. The first kappa shape index (κ1) is 18.8. The predicted octanol–water partition coefficient (Wildman–Crippen LogP) is 1.74. The number of hydrogen-bond acceptors (Lipinski definition) is 6. The third-order valence-corrected chi connectivity index (χ3v) is 4.81. The molecule has 2 unspecified atom stereocenters. The molecule has 2 rings (SSSR count). The quantitative estimate of drug-likeness (QED) is 0.689. The molecule has 1 amide bonds. The minimum atomic E-state index is -3.67. The van der Waals surface area contributed by atoms with E-state index in [1.807, 2.05) is 20.8 Å². The van der Waals surface area contributed by atoms with Gasteiger partial charge in [-0.05, 0) is 33.6 Å². The van der Waals surface area contributed by atoms with Crippen molar-refractivity contribution in [1.29, 1.82) is 0 Å². The first-order valence-corrected chi connectivity index (χ1v) is 10.1. The number of ether oxygens (including phenoxy) is 3. The molecule has 2 saturated heterocycles. The Morgan fingerprint density at radius 1 is 1.43 bits per heavy atom.